The number of benzene rings is 1. The van der Waals surface area contributed by atoms with Gasteiger partial charge in [0, 0.05) is 31.4 Å². The standard InChI is InChI=1S/C16H23NO2/c1-16(2,3)17-11-13-10-12(6-5-9-19-4)7-8-14(13)15(17)18/h7-8,10H,5-6,9,11H2,1-4H3. The molecular weight excluding hydrogens is 238 g/mol. The summed E-state index contributed by atoms with van der Waals surface area (Å²) in [6.07, 6.45) is 2.02. The molecule has 0 atom stereocenters. The van der Waals surface area contributed by atoms with Gasteiger partial charge >= 0.3 is 0 Å². The number of aryl methyl sites for hydroxylation is 1. The molecule has 0 aromatic heterocycles. The minimum Gasteiger partial charge on any atom is -0.385 e. The Kier molecular flexibility index (Phi) is 3.95. The minimum absolute atomic E-state index is 0.119. The first-order valence-corrected chi connectivity index (χ1v) is 6.86. The van der Waals surface area contributed by atoms with Crippen LogP contribution in [0, 0.1) is 0 Å². The number of methoxy groups -OCH3 is 1. The van der Waals surface area contributed by atoms with Crippen molar-refractivity contribution >= 4 is 5.91 Å². The van der Waals surface area contributed by atoms with Crippen LogP contribution in [0.5, 0.6) is 0 Å². The lowest BCUT2D eigenvalue weighted by Gasteiger charge is -2.31. The molecule has 1 aromatic rings. The molecule has 3 nitrogen and oxygen atoms in total. The van der Waals surface area contributed by atoms with Gasteiger partial charge in [-0.25, -0.2) is 0 Å². The van der Waals surface area contributed by atoms with Crippen LogP contribution in [0.2, 0.25) is 0 Å². The van der Waals surface area contributed by atoms with Crippen molar-refractivity contribution in [1.82, 2.24) is 4.90 Å². The molecule has 1 aliphatic heterocycles. The van der Waals surface area contributed by atoms with Crippen LogP contribution in [-0.4, -0.2) is 30.1 Å². The average Bonchev–Trinajstić information content (AvgIpc) is 2.67. The van der Waals surface area contributed by atoms with Crippen molar-refractivity contribution in [2.24, 2.45) is 0 Å². The minimum atomic E-state index is -0.119. The lowest BCUT2D eigenvalue weighted by molar-refractivity contribution is 0.0609. The van der Waals surface area contributed by atoms with E-state index in [0.717, 1.165) is 37.1 Å². The highest BCUT2D eigenvalue weighted by molar-refractivity contribution is 5.98. The number of carbonyl (C=O) groups is 1. The summed E-state index contributed by atoms with van der Waals surface area (Å²) in [5, 5.41) is 0. The van der Waals surface area contributed by atoms with Crippen LogP contribution < -0.4 is 0 Å². The van der Waals surface area contributed by atoms with E-state index in [4.69, 9.17) is 4.74 Å². The van der Waals surface area contributed by atoms with Crippen LogP contribution >= 0.6 is 0 Å². The molecule has 1 aliphatic rings. The van der Waals surface area contributed by atoms with Crippen LogP contribution in [0.4, 0.5) is 0 Å². The van der Waals surface area contributed by atoms with E-state index in [1.807, 2.05) is 11.0 Å². The van der Waals surface area contributed by atoms with Crippen LogP contribution in [-0.2, 0) is 17.7 Å². The Morgan fingerprint density at radius 1 is 1.32 bits per heavy atom. The summed E-state index contributed by atoms with van der Waals surface area (Å²) in [7, 11) is 1.72. The van der Waals surface area contributed by atoms with E-state index in [1.165, 1.54) is 5.56 Å². The molecule has 0 fully saturated rings. The zero-order chi connectivity index (χ0) is 14.0. The second-order valence-corrected chi connectivity index (χ2v) is 6.15. The third kappa shape index (κ3) is 2.98. The smallest absolute Gasteiger partial charge is 0.254 e. The van der Waals surface area contributed by atoms with E-state index < -0.39 is 0 Å². The molecule has 0 aliphatic carbocycles. The van der Waals surface area contributed by atoms with E-state index in [-0.39, 0.29) is 11.4 Å². The first-order valence-electron chi connectivity index (χ1n) is 6.86. The molecule has 0 radical (unpaired) electrons. The summed E-state index contributed by atoms with van der Waals surface area (Å²) in [6.45, 7) is 7.75. The first-order chi connectivity index (χ1) is 8.93. The fourth-order valence-corrected chi connectivity index (χ4v) is 2.49. The normalized spacial score (nSPS) is 14.9. The number of carbonyl (C=O) groups excluding carboxylic acids is 1. The van der Waals surface area contributed by atoms with Crippen molar-refractivity contribution in [3.63, 3.8) is 0 Å². The molecule has 3 heteroatoms. The summed E-state index contributed by atoms with van der Waals surface area (Å²) >= 11 is 0. The van der Waals surface area contributed by atoms with E-state index in [1.54, 1.807) is 7.11 Å². The van der Waals surface area contributed by atoms with Crippen LogP contribution in [0.15, 0.2) is 18.2 Å². The lowest BCUT2D eigenvalue weighted by atomic mass is 10.0. The topological polar surface area (TPSA) is 29.5 Å². The summed E-state index contributed by atoms with van der Waals surface area (Å²) in [6, 6.07) is 6.22. The van der Waals surface area contributed by atoms with Crippen molar-refractivity contribution in [1.29, 1.82) is 0 Å². The fourth-order valence-electron chi connectivity index (χ4n) is 2.49. The Hall–Kier alpha value is -1.35. The third-order valence-electron chi connectivity index (χ3n) is 3.60. The van der Waals surface area contributed by atoms with Gasteiger partial charge in [0.1, 0.15) is 0 Å². The molecule has 1 amide bonds. The molecule has 0 saturated heterocycles. The number of amides is 1. The summed E-state index contributed by atoms with van der Waals surface area (Å²) in [5.74, 6) is 0.158. The van der Waals surface area contributed by atoms with Crippen molar-refractivity contribution in [2.45, 2.75) is 45.7 Å². The van der Waals surface area contributed by atoms with E-state index in [2.05, 4.69) is 32.9 Å². The maximum Gasteiger partial charge on any atom is 0.254 e. The number of rotatable bonds is 4. The van der Waals surface area contributed by atoms with Gasteiger partial charge in [-0.1, -0.05) is 12.1 Å². The number of hydrogen-bond acceptors (Lipinski definition) is 2. The molecule has 1 aromatic carbocycles. The van der Waals surface area contributed by atoms with Crippen LogP contribution in [0.3, 0.4) is 0 Å². The quantitative estimate of drug-likeness (QED) is 0.780. The zero-order valence-electron chi connectivity index (χ0n) is 12.3. The lowest BCUT2D eigenvalue weighted by Crippen LogP contribution is -2.41. The zero-order valence-corrected chi connectivity index (χ0v) is 12.3. The fraction of sp³-hybridized carbons (Fsp3) is 0.562. The van der Waals surface area contributed by atoms with Gasteiger partial charge in [0.2, 0.25) is 0 Å². The Labute approximate surface area is 115 Å². The van der Waals surface area contributed by atoms with E-state index in [9.17, 15) is 4.79 Å². The molecule has 0 unspecified atom stereocenters. The van der Waals surface area contributed by atoms with E-state index >= 15 is 0 Å². The van der Waals surface area contributed by atoms with Crippen LogP contribution in [0.1, 0.15) is 48.7 Å². The highest BCUT2D eigenvalue weighted by Crippen LogP contribution is 2.29. The Morgan fingerprint density at radius 2 is 2.05 bits per heavy atom. The largest absolute Gasteiger partial charge is 0.385 e. The van der Waals surface area contributed by atoms with Gasteiger partial charge in [-0.3, -0.25) is 4.79 Å². The Balaban J connectivity index is 2.15. The van der Waals surface area contributed by atoms with Crippen LogP contribution in [0.25, 0.3) is 0 Å². The molecule has 0 saturated carbocycles. The number of ether oxygens (including phenoxy) is 1. The predicted molar refractivity (Wildman–Crippen MR) is 76.3 cm³/mol. The number of fused-ring (bicyclic) bond motifs is 1. The molecule has 0 N–H and O–H groups in total. The maximum absolute atomic E-state index is 12.3. The molecular formula is C16H23NO2. The van der Waals surface area contributed by atoms with Gasteiger partial charge in [-0.2, -0.15) is 0 Å². The van der Waals surface area contributed by atoms with Crippen molar-refractivity contribution in [3.05, 3.63) is 34.9 Å². The van der Waals surface area contributed by atoms with Gasteiger partial charge in [0.15, 0.2) is 0 Å². The van der Waals surface area contributed by atoms with Crippen molar-refractivity contribution in [2.75, 3.05) is 13.7 Å². The average molecular weight is 261 g/mol. The van der Waals surface area contributed by atoms with Gasteiger partial charge in [-0.15, -0.1) is 0 Å². The third-order valence-corrected chi connectivity index (χ3v) is 3.60. The summed E-state index contributed by atoms with van der Waals surface area (Å²) in [4.78, 5) is 14.3. The van der Waals surface area contributed by atoms with Crippen molar-refractivity contribution in [3.8, 4) is 0 Å². The first kappa shape index (κ1) is 14.1. The highest BCUT2D eigenvalue weighted by Gasteiger charge is 2.34. The van der Waals surface area contributed by atoms with Gasteiger partial charge in [0.05, 0.1) is 0 Å². The van der Waals surface area contributed by atoms with Gasteiger partial charge in [0.25, 0.3) is 5.91 Å². The maximum atomic E-state index is 12.3. The molecule has 2 rings (SSSR count). The Bertz CT molecular complexity index is 474. The van der Waals surface area contributed by atoms with Gasteiger partial charge < -0.3 is 9.64 Å². The predicted octanol–water partition coefficient (Wildman–Crippen LogP) is 3.02. The van der Waals surface area contributed by atoms with Crippen molar-refractivity contribution < 1.29 is 9.53 Å². The second-order valence-electron chi connectivity index (χ2n) is 6.15. The summed E-state index contributed by atoms with van der Waals surface area (Å²) < 4.78 is 5.07. The molecule has 0 spiro atoms. The Morgan fingerprint density at radius 3 is 2.68 bits per heavy atom. The number of nitrogens with zero attached hydrogens (tertiary/aromatic N) is 1. The highest BCUT2D eigenvalue weighted by atomic mass is 16.5. The monoisotopic (exact) mass is 261 g/mol. The molecule has 0 bridgehead atoms. The molecule has 19 heavy (non-hydrogen) atoms. The number of hydrogen-bond donors (Lipinski definition) is 0. The molecule has 1 heterocycles. The van der Waals surface area contributed by atoms with Gasteiger partial charge in [-0.05, 0) is 50.8 Å². The second kappa shape index (κ2) is 5.33. The van der Waals surface area contributed by atoms with E-state index in [0.29, 0.717) is 0 Å². The SMILES string of the molecule is COCCCc1ccc2c(c1)CN(C(C)(C)C)C2=O. The molecule has 104 valence electrons. The summed E-state index contributed by atoms with van der Waals surface area (Å²) in [5.41, 5.74) is 3.20.